The second kappa shape index (κ2) is 6.31. The quantitative estimate of drug-likeness (QED) is 0.911. The molecule has 0 radical (unpaired) electrons. The lowest BCUT2D eigenvalue weighted by Gasteiger charge is -2.30. The molecule has 0 saturated heterocycles. The summed E-state index contributed by atoms with van der Waals surface area (Å²) < 4.78 is 5.75. The molecule has 0 fully saturated rings. The molecule has 0 spiro atoms. The molecule has 1 aliphatic rings. The normalized spacial score (nSPS) is 18.7. The number of nitrogens with two attached hydrogens (primary N) is 1. The van der Waals surface area contributed by atoms with E-state index in [9.17, 15) is 0 Å². The highest BCUT2D eigenvalue weighted by atomic mass is 16.5. The van der Waals surface area contributed by atoms with Crippen LogP contribution in [0.15, 0.2) is 48.5 Å². The largest absolute Gasteiger partial charge is 0.493 e. The average molecular weight is 281 g/mol. The maximum absolute atomic E-state index is 6.59. The maximum atomic E-state index is 6.59. The number of aryl methyl sites for hydroxylation is 1. The predicted molar refractivity (Wildman–Crippen MR) is 86.7 cm³/mol. The van der Waals surface area contributed by atoms with E-state index in [4.69, 9.17) is 10.5 Å². The summed E-state index contributed by atoms with van der Waals surface area (Å²) in [6.07, 6.45) is 3.26. The standard InChI is InChI=1S/C19H23NO/c1-2-6-14-7-5-8-15(13-14)19(20)17-11-12-21-18-10-4-3-9-16(17)18/h3-5,7-10,13,17,19H,2,6,11-12,20H2,1H3. The lowest BCUT2D eigenvalue weighted by atomic mass is 9.83. The van der Waals surface area contributed by atoms with Crippen molar-refractivity contribution >= 4 is 0 Å². The summed E-state index contributed by atoms with van der Waals surface area (Å²) in [6.45, 7) is 2.96. The molecule has 0 aromatic heterocycles. The van der Waals surface area contributed by atoms with Gasteiger partial charge in [-0.3, -0.25) is 0 Å². The van der Waals surface area contributed by atoms with Crippen LogP contribution in [0, 0.1) is 0 Å². The molecule has 110 valence electrons. The molecule has 2 aromatic rings. The maximum Gasteiger partial charge on any atom is 0.122 e. The first kappa shape index (κ1) is 14.2. The van der Waals surface area contributed by atoms with E-state index in [1.54, 1.807) is 0 Å². The zero-order chi connectivity index (χ0) is 14.7. The molecule has 0 bridgehead atoms. The summed E-state index contributed by atoms with van der Waals surface area (Å²) >= 11 is 0. The molecule has 0 saturated carbocycles. The van der Waals surface area contributed by atoms with Gasteiger partial charge < -0.3 is 10.5 Å². The topological polar surface area (TPSA) is 35.2 Å². The van der Waals surface area contributed by atoms with Crippen molar-refractivity contribution in [3.05, 3.63) is 65.2 Å². The van der Waals surface area contributed by atoms with Gasteiger partial charge in [-0.15, -0.1) is 0 Å². The third kappa shape index (κ3) is 2.96. The first-order chi connectivity index (χ1) is 10.3. The van der Waals surface area contributed by atoms with Crippen LogP contribution < -0.4 is 10.5 Å². The van der Waals surface area contributed by atoms with Gasteiger partial charge in [0, 0.05) is 12.0 Å². The first-order valence-electron chi connectivity index (χ1n) is 7.85. The molecule has 0 aliphatic carbocycles. The fourth-order valence-electron chi connectivity index (χ4n) is 3.22. The molecule has 21 heavy (non-hydrogen) atoms. The number of ether oxygens (including phenoxy) is 1. The van der Waals surface area contributed by atoms with Crippen molar-refractivity contribution in [2.45, 2.75) is 38.1 Å². The molecule has 3 rings (SSSR count). The van der Waals surface area contributed by atoms with Crippen LogP contribution in [0.25, 0.3) is 0 Å². The zero-order valence-electron chi connectivity index (χ0n) is 12.6. The summed E-state index contributed by atoms with van der Waals surface area (Å²) in [5.41, 5.74) is 10.5. The molecule has 1 heterocycles. The van der Waals surface area contributed by atoms with Gasteiger partial charge in [-0.1, -0.05) is 55.8 Å². The van der Waals surface area contributed by atoms with Crippen molar-refractivity contribution in [3.63, 3.8) is 0 Å². The number of benzene rings is 2. The third-order valence-electron chi connectivity index (χ3n) is 4.31. The van der Waals surface area contributed by atoms with Crippen molar-refractivity contribution in [1.82, 2.24) is 0 Å². The highest BCUT2D eigenvalue weighted by Gasteiger charge is 2.27. The predicted octanol–water partition coefficient (Wildman–Crippen LogP) is 4.21. The number of fused-ring (bicyclic) bond motifs is 1. The molecule has 2 aromatic carbocycles. The van der Waals surface area contributed by atoms with E-state index in [0.29, 0.717) is 5.92 Å². The Morgan fingerprint density at radius 1 is 1.19 bits per heavy atom. The van der Waals surface area contributed by atoms with Crippen LogP contribution >= 0.6 is 0 Å². The lowest BCUT2D eigenvalue weighted by Crippen LogP contribution is -2.25. The van der Waals surface area contributed by atoms with Crippen LogP contribution in [0.4, 0.5) is 0 Å². The monoisotopic (exact) mass is 281 g/mol. The summed E-state index contributed by atoms with van der Waals surface area (Å²) in [6, 6.07) is 17.1. The van der Waals surface area contributed by atoms with Crippen LogP contribution in [0.5, 0.6) is 5.75 Å². The zero-order valence-corrected chi connectivity index (χ0v) is 12.6. The summed E-state index contributed by atoms with van der Waals surface area (Å²) in [5, 5.41) is 0. The summed E-state index contributed by atoms with van der Waals surface area (Å²) in [7, 11) is 0. The molecular weight excluding hydrogens is 258 g/mol. The van der Waals surface area contributed by atoms with Crippen molar-refractivity contribution in [3.8, 4) is 5.75 Å². The van der Waals surface area contributed by atoms with Crippen molar-refractivity contribution in [2.24, 2.45) is 5.73 Å². The Labute approximate surface area is 126 Å². The molecule has 2 N–H and O–H groups in total. The minimum Gasteiger partial charge on any atom is -0.493 e. The molecule has 2 heteroatoms. The highest BCUT2D eigenvalue weighted by Crippen LogP contribution is 2.40. The molecule has 2 atom stereocenters. The Morgan fingerprint density at radius 3 is 2.90 bits per heavy atom. The van der Waals surface area contributed by atoms with Crippen LogP contribution in [0.1, 0.15) is 48.4 Å². The van der Waals surface area contributed by atoms with Crippen LogP contribution in [0.3, 0.4) is 0 Å². The number of para-hydroxylation sites is 1. The number of hydrogen-bond donors (Lipinski definition) is 1. The fraction of sp³-hybridized carbons (Fsp3) is 0.368. The van der Waals surface area contributed by atoms with E-state index in [1.165, 1.54) is 23.1 Å². The van der Waals surface area contributed by atoms with Crippen molar-refractivity contribution in [1.29, 1.82) is 0 Å². The van der Waals surface area contributed by atoms with Gasteiger partial charge in [-0.25, -0.2) is 0 Å². The van der Waals surface area contributed by atoms with E-state index in [1.807, 2.05) is 12.1 Å². The minimum absolute atomic E-state index is 0.0341. The van der Waals surface area contributed by atoms with Crippen LogP contribution in [0.2, 0.25) is 0 Å². The Bertz CT molecular complexity index is 608. The SMILES string of the molecule is CCCc1cccc(C(N)C2CCOc3ccccc32)c1. The Kier molecular flexibility index (Phi) is 4.26. The molecule has 2 unspecified atom stereocenters. The molecular formula is C19H23NO. The van der Waals surface area contributed by atoms with Gasteiger partial charge in [0.2, 0.25) is 0 Å². The third-order valence-corrected chi connectivity index (χ3v) is 4.31. The van der Waals surface area contributed by atoms with Gasteiger partial charge in [-0.05, 0) is 35.6 Å². The van der Waals surface area contributed by atoms with Crippen LogP contribution in [-0.2, 0) is 6.42 Å². The first-order valence-corrected chi connectivity index (χ1v) is 7.85. The van der Waals surface area contributed by atoms with Gasteiger partial charge in [-0.2, -0.15) is 0 Å². The highest BCUT2D eigenvalue weighted by molar-refractivity contribution is 5.40. The number of rotatable bonds is 4. The van der Waals surface area contributed by atoms with Gasteiger partial charge in [0.1, 0.15) is 5.75 Å². The Morgan fingerprint density at radius 2 is 2.05 bits per heavy atom. The van der Waals surface area contributed by atoms with Gasteiger partial charge in [0.25, 0.3) is 0 Å². The van der Waals surface area contributed by atoms with Gasteiger partial charge in [0.15, 0.2) is 0 Å². The van der Waals surface area contributed by atoms with Crippen molar-refractivity contribution in [2.75, 3.05) is 6.61 Å². The second-order valence-corrected chi connectivity index (χ2v) is 5.80. The van der Waals surface area contributed by atoms with Crippen molar-refractivity contribution < 1.29 is 4.74 Å². The second-order valence-electron chi connectivity index (χ2n) is 5.80. The molecule has 1 aliphatic heterocycles. The summed E-state index contributed by atoms with van der Waals surface area (Å²) in [4.78, 5) is 0. The van der Waals surface area contributed by atoms with Crippen LogP contribution in [-0.4, -0.2) is 6.61 Å². The average Bonchev–Trinajstić information content (AvgIpc) is 2.54. The van der Waals surface area contributed by atoms with E-state index >= 15 is 0 Å². The van der Waals surface area contributed by atoms with Gasteiger partial charge in [0.05, 0.1) is 6.61 Å². The Hall–Kier alpha value is -1.80. The fourth-order valence-corrected chi connectivity index (χ4v) is 3.22. The molecule has 2 nitrogen and oxygen atoms in total. The minimum atomic E-state index is 0.0341. The smallest absolute Gasteiger partial charge is 0.122 e. The lowest BCUT2D eigenvalue weighted by molar-refractivity contribution is 0.255. The van der Waals surface area contributed by atoms with E-state index in [0.717, 1.165) is 25.2 Å². The molecule has 0 amide bonds. The van der Waals surface area contributed by atoms with E-state index in [-0.39, 0.29) is 6.04 Å². The number of hydrogen-bond acceptors (Lipinski definition) is 2. The van der Waals surface area contributed by atoms with Gasteiger partial charge >= 0.3 is 0 Å². The summed E-state index contributed by atoms with van der Waals surface area (Å²) in [5.74, 6) is 1.33. The van der Waals surface area contributed by atoms with E-state index in [2.05, 4.69) is 43.3 Å². The Balaban J connectivity index is 1.89. The van der Waals surface area contributed by atoms with E-state index < -0.39 is 0 Å².